The number of aromatic nitrogens is 1. The van der Waals surface area contributed by atoms with Crippen LogP contribution in [-0.2, 0) is 4.79 Å². The molecule has 3 rings (SSSR count). The molecule has 0 spiro atoms. The van der Waals surface area contributed by atoms with E-state index in [0.717, 1.165) is 0 Å². The van der Waals surface area contributed by atoms with Crippen molar-refractivity contribution in [1.82, 2.24) is 15.8 Å². The van der Waals surface area contributed by atoms with Crippen molar-refractivity contribution in [3.63, 3.8) is 0 Å². The lowest BCUT2D eigenvalue weighted by atomic mass is 10.0. The fourth-order valence-electron chi connectivity index (χ4n) is 3.34. The first-order chi connectivity index (χ1) is 17.7. The van der Waals surface area contributed by atoms with Gasteiger partial charge in [-0.3, -0.25) is 25.8 Å². The summed E-state index contributed by atoms with van der Waals surface area (Å²) in [6.45, 7) is 6.09. The number of nitrogen functional groups attached to an aromatic ring is 1. The number of nitrogens with zero attached hydrogens (tertiary/aromatic N) is 1. The van der Waals surface area contributed by atoms with E-state index in [1.165, 1.54) is 18.3 Å². The van der Waals surface area contributed by atoms with Crippen LogP contribution in [0.15, 0.2) is 65.4 Å². The quantitative estimate of drug-likeness (QED) is 0.107. The smallest absolute Gasteiger partial charge is 0.269 e. The molecule has 1 unspecified atom stereocenters. The van der Waals surface area contributed by atoms with Gasteiger partial charge in [0.05, 0.1) is 12.7 Å². The molecule has 2 aromatic carbocycles. The van der Waals surface area contributed by atoms with Crippen molar-refractivity contribution in [2.45, 2.75) is 32.9 Å². The van der Waals surface area contributed by atoms with E-state index < -0.39 is 17.9 Å². The second kappa shape index (κ2) is 12.7. The lowest BCUT2D eigenvalue weighted by molar-refractivity contribution is -0.122. The molecule has 0 fully saturated rings. The molecular weight excluding hydrogens is 540 g/mol. The van der Waals surface area contributed by atoms with Gasteiger partial charge in [0.15, 0.2) is 11.5 Å². The third-order valence-electron chi connectivity index (χ3n) is 5.02. The Morgan fingerprint density at radius 3 is 2.38 bits per heavy atom. The molecule has 37 heavy (non-hydrogen) atoms. The third-order valence-corrected chi connectivity index (χ3v) is 5.45. The number of nitrogens with two attached hydrogens (primary N) is 1. The lowest BCUT2D eigenvalue weighted by Crippen LogP contribution is -2.45. The minimum absolute atomic E-state index is 0.0617. The van der Waals surface area contributed by atoms with Gasteiger partial charge in [0.2, 0.25) is 0 Å². The third kappa shape index (κ3) is 7.68. The van der Waals surface area contributed by atoms with Crippen molar-refractivity contribution >= 4 is 39.3 Å². The summed E-state index contributed by atoms with van der Waals surface area (Å²) < 4.78 is 12.1. The maximum atomic E-state index is 13.3. The Labute approximate surface area is 223 Å². The van der Waals surface area contributed by atoms with Crippen molar-refractivity contribution in [2.24, 2.45) is 5.73 Å². The van der Waals surface area contributed by atoms with Gasteiger partial charge >= 0.3 is 0 Å². The molecule has 0 aliphatic rings. The number of ether oxygens (including phenoxy) is 2. The van der Waals surface area contributed by atoms with E-state index >= 15 is 0 Å². The van der Waals surface area contributed by atoms with E-state index in [9.17, 15) is 9.59 Å². The summed E-state index contributed by atoms with van der Waals surface area (Å²) in [5.74, 6) is -0.0322. The molecule has 0 aliphatic heterocycles. The molecule has 0 aliphatic carbocycles. The van der Waals surface area contributed by atoms with E-state index in [1.54, 1.807) is 42.5 Å². The number of carbonyl (C=O) groups is 2. The zero-order chi connectivity index (χ0) is 26.9. The number of hydrazine groups is 1. The van der Waals surface area contributed by atoms with Crippen LogP contribution in [0, 0.1) is 5.41 Å². The maximum absolute atomic E-state index is 13.3. The Hall–Kier alpha value is -4.12. The van der Waals surface area contributed by atoms with Crippen molar-refractivity contribution < 1.29 is 19.1 Å². The highest BCUT2D eigenvalue weighted by Crippen LogP contribution is 2.33. The van der Waals surface area contributed by atoms with Crippen LogP contribution >= 0.6 is 15.9 Å². The number of halogens is 1. The number of carbonyl (C=O) groups excluding carboxylic acids is 2. The van der Waals surface area contributed by atoms with E-state index in [2.05, 4.69) is 37.1 Å². The van der Waals surface area contributed by atoms with Gasteiger partial charge in [0, 0.05) is 23.0 Å². The summed E-state index contributed by atoms with van der Waals surface area (Å²) in [5.41, 5.74) is 12.5. The topological polar surface area (TPSA) is 151 Å². The molecule has 194 valence electrons. The van der Waals surface area contributed by atoms with Crippen LogP contribution in [0.5, 0.6) is 11.5 Å². The Morgan fingerprint density at radius 2 is 1.76 bits per heavy atom. The van der Waals surface area contributed by atoms with Crippen LogP contribution in [0.2, 0.25) is 0 Å². The Bertz CT molecular complexity index is 1270. The standard InChI is InChI=1S/C26H29BrN6O4/c1-4-36-21-13-17(7-10-20(21)37-15(2)3)23(31-19-8-5-16(6-9-19)24(28)29)26(35)33-32-25(34)18-11-12-30-22(27)14-18/h5-15,23,31H,4H2,1-3H3,(H3,28,29)(H,32,34)(H,33,35). The highest BCUT2D eigenvalue weighted by Gasteiger charge is 2.23. The summed E-state index contributed by atoms with van der Waals surface area (Å²) >= 11 is 3.22. The SMILES string of the molecule is CCOc1cc(C(Nc2ccc(C(=N)N)cc2)C(=O)NNC(=O)c2ccnc(Br)c2)ccc1OC(C)C. The molecule has 11 heteroatoms. The number of amides is 2. The van der Waals surface area contributed by atoms with Crippen LogP contribution in [0.3, 0.4) is 0 Å². The molecular formula is C26H29BrN6O4. The Kier molecular flexibility index (Phi) is 9.45. The van der Waals surface area contributed by atoms with Crippen LogP contribution in [0.4, 0.5) is 5.69 Å². The summed E-state index contributed by atoms with van der Waals surface area (Å²) in [6, 6.07) is 14.1. The first-order valence-electron chi connectivity index (χ1n) is 11.5. The molecule has 1 aromatic heterocycles. The van der Waals surface area contributed by atoms with Crippen LogP contribution in [0.25, 0.3) is 0 Å². The van der Waals surface area contributed by atoms with Gasteiger partial charge in [0.25, 0.3) is 11.8 Å². The number of nitrogens with one attached hydrogen (secondary N) is 4. The van der Waals surface area contributed by atoms with E-state index in [-0.39, 0.29) is 11.9 Å². The molecule has 2 amide bonds. The average Bonchev–Trinajstić information content (AvgIpc) is 2.87. The highest BCUT2D eigenvalue weighted by molar-refractivity contribution is 9.10. The molecule has 0 saturated carbocycles. The molecule has 1 atom stereocenters. The molecule has 0 saturated heterocycles. The number of anilines is 1. The second-order valence-electron chi connectivity index (χ2n) is 8.18. The normalized spacial score (nSPS) is 11.4. The predicted octanol–water partition coefficient (Wildman–Crippen LogP) is 3.93. The van der Waals surface area contributed by atoms with Crippen LogP contribution in [0.1, 0.15) is 48.3 Å². The minimum Gasteiger partial charge on any atom is -0.490 e. The number of rotatable bonds is 10. The number of hydrogen-bond acceptors (Lipinski definition) is 7. The van der Waals surface area contributed by atoms with Crippen LogP contribution < -0.4 is 31.4 Å². The largest absolute Gasteiger partial charge is 0.490 e. The summed E-state index contributed by atoms with van der Waals surface area (Å²) in [7, 11) is 0. The molecule has 3 aromatic rings. The summed E-state index contributed by atoms with van der Waals surface area (Å²) in [5, 5.41) is 10.8. The van der Waals surface area contributed by atoms with Crippen molar-refractivity contribution in [3.8, 4) is 11.5 Å². The second-order valence-corrected chi connectivity index (χ2v) is 9.00. The molecule has 0 bridgehead atoms. The fraction of sp³-hybridized carbons (Fsp3) is 0.231. The Morgan fingerprint density at radius 1 is 1.03 bits per heavy atom. The molecule has 0 radical (unpaired) electrons. The highest BCUT2D eigenvalue weighted by atomic mass is 79.9. The monoisotopic (exact) mass is 568 g/mol. The Balaban J connectivity index is 1.89. The fourth-order valence-corrected chi connectivity index (χ4v) is 3.71. The number of pyridine rings is 1. The summed E-state index contributed by atoms with van der Waals surface area (Å²) in [4.78, 5) is 29.9. The van der Waals surface area contributed by atoms with Crippen molar-refractivity contribution in [3.05, 3.63) is 82.1 Å². The van der Waals surface area contributed by atoms with Gasteiger partial charge in [-0.05, 0) is 90.8 Å². The first-order valence-corrected chi connectivity index (χ1v) is 12.3. The van der Waals surface area contributed by atoms with E-state index in [0.29, 0.717) is 45.1 Å². The van der Waals surface area contributed by atoms with Crippen molar-refractivity contribution in [1.29, 1.82) is 5.41 Å². The van der Waals surface area contributed by atoms with Crippen molar-refractivity contribution in [2.75, 3.05) is 11.9 Å². The zero-order valence-electron chi connectivity index (χ0n) is 20.7. The molecule has 10 nitrogen and oxygen atoms in total. The van der Waals surface area contributed by atoms with Gasteiger partial charge in [0.1, 0.15) is 16.5 Å². The minimum atomic E-state index is -0.917. The van der Waals surface area contributed by atoms with Gasteiger partial charge in [-0.2, -0.15) is 0 Å². The van der Waals surface area contributed by atoms with Gasteiger partial charge < -0.3 is 20.5 Å². The van der Waals surface area contributed by atoms with E-state index in [4.69, 9.17) is 20.6 Å². The predicted molar refractivity (Wildman–Crippen MR) is 145 cm³/mol. The van der Waals surface area contributed by atoms with Gasteiger partial charge in [-0.25, -0.2) is 4.98 Å². The number of hydrogen-bond donors (Lipinski definition) is 5. The van der Waals surface area contributed by atoms with E-state index in [1.807, 2.05) is 20.8 Å². The summed E-state index contributed by atoms with van der Waals surface area (Å²) in [6.07, 6.45) is 1.41. The lowest BCUT2D eigenvalue weighted by Gasteiger charge is -2.22. The average molecular weight is 569 g/mol. The van der Waals surface area contributed by atoms with Gasteiger partial charge in [-0.1, -0.05) is 6.07 Å². The zero-order valence-corrected chi connectivity index (χ0v) is 22.3. The van der Waals surface area contributed by atoms with Crippen LogP contribution in [-0.4, -0.2) is 35.3 Å². The molecule has 1 heterocycles. The maximum Gasteiger partial charge on any atom is 0.269 e. The molecule has 6 N–H and O–H groups in total. The number of benzene rings is 2. The van der Waals surface area contributed by atoms with Gasteiger partial charge in [-0.15, -0.1) is 0 Å². The first kappa shape index (κ1) is 27.5. The number of amidine groups is 1.